The number of hydrogen-bond acceptors (Lipinski definition) is 3. The molecule has 2 aliphatic heterocycles. The molecule has 0 aromatic rings. The minimum absolute atomic E-state index is 0.103. The lowest BCUT2D eigenvalue weighted by molar-refractivity contribution is -0.124. The molecule has 5 heteroatoms. The zero-order chi connectivity index (χ0) is 16.2. The second kappa shape index (κ2) is 7.65. The first-order chi connectivity index (χ1) is 11.2. The number of amides is 2. The molecule has 5 nitrogen and oxygen atoms in total. The van der Waals surface area contributed by atoms with Gasteiger partial charge in [0.2, 0.25) is 0 Å². The van der Waals surface area contributed by atoms with Gasteiger partial charge in [-0.15, -0.1) is 0 Å². The van der Waals surface area contributed by atoms with E-state index in [9.17, 15) is 9.59 Å². The van der Waals surface area contributed by atoms with Crippen molar-refractivity contribution in [3.63, 3.8) is 0 Å². The highest BCUT2D eigenvalue weighted by molar-refractivity contribution is 5.79. The van der Waals surface area contributed by atoms with Gasteiger partial charge in [0.15, 0.2) is 0 Å². The van der Waals surface area contributed by atoms with Crippen LogP contribution in [0.5, 0.6) is 0 Å². The Kier molecular flexibility index (Phi) is 5.57. The van der Waals surface area contributed by atoms with Crippen LogP contribution in [0.2, 0.25) is 0 Å². The highest BCUT2D eigenvalue weighted by atomic mass is 16.2. The number of ketones is 1. The van der Waals surface area contributed by atoms with Crippen molar-refractivity contribution in [2.75, 3.05) is 26.2 Å². The molecule has 0 unspecified atom stereocenters. The third-order valence-corrected chi connectivity index (χ3v) is 5.75. The smallest absolute Gasteiger partial charge is 0.317 e. The van der Waals surface area contributed by atoms with Gasteiger partial charge in [0, 0.05) is 44.6 Å². The normalized spacial score (nSPS) is 32.5. The van der Waals surface area contributed by atoms with Crippen molar-refractivity contribution in [1.82, 2.24) is 15.1 Å². The van der Waals surface area contributed by atoms with Gasteiger partial charge in [-0.3, -0.25) is 9.69 Å². The lowest BCUT2D eigenvalue weighted by Crippen LogP contribution is -2.59. The van der Waals surface area contributed by atoms with Crippen molar-refractivity contribution in [1.29, 1.82) is 0 Å². The molecule has 0 bridgehead atoms. The second-order valence-electron chi connectivity index (χ2n) is 7.53. The molecule has 1 N–H and O–H groups in total. The SMILES string of the molecule is CCCN1C[C@@H](NC(=O)N2CCCCC2)C[C@@H]2CC(=O)CC[C@H]21. The Morgan fingerprint density at radius 1 is 1.26 bits per heavy atom. The van der Waals surface area contributed by atoms with E-state index in [1.54, 1.807) is 0 Å². The van der Waals surface area contributed by atoms with Gasteiger partial charge in [-0.2, -0.15) is 0 Å². The van der Waals surface area contributed by atoms with Gasteiger partial charge >= 0.3 is 6.03 Å². The van der Waals surface area contributed by atoms with Crippen LogP contribution >= 0.6 is 0 Å². The van der Waals surface area contributed by atoms with E-state index in [4.69, 9.17) is 0 Å². The fourth-order valence-electron chi connectivity index (χ4n) is 4.67. The number of urea groups is 1. The molecule has 3 rings (SSSR count). The lowest BCUT2D eigenvalue weighted by Gasteiger charge is -2.47. The molecular formula is C18H31N3O2. The summed E-state index contributed by atoms with van der Waals surface area (Å²) in [6.07, 6.45) is 8.05. The summed E-state index contributed by atoms with van der Waals surface area (Å²) in [6, 6.07) is 0.852. The number of likely N-dealkylation sites (tertiary alicyclic amines) is 2. The summed E-state index contributed by atoms with van der Waals surface area (Å²) in [5.41, 5.74) is 0. The summed E-state index contributed by atoms with van der Waals surface area (Å²) in [7, 11) is 0. The average Bonchev–Trinajstić information content (AvgIpc) is 2.55. The van der Waals surface area contributed by atoms with Crippen molar-refractivity contribution < 1.29 is 9.59 Å². The molecule has 1 aliphatic carbocycles. The fourth-order valence-corrected chi connectivity index (χ4v) is 4.67. The number of Topliss-reactive ketones (excluding diaryl/α,β-unsaturated/α-hetero) is 1. The van der Waals surface area contributed by atoms with Crippen molar-refractivity contribution in [3.05, 3.63) is 0 Å². The number of rotatable bonds is 3. The van der Waals surface area contributed by atoms with Gasteiger partial charge in [-0.25, -0.2) is 4.79 Å². The monoisotopic (exact) mass is 321 g/mol. The number of hydrogen-bond donors (Lipinski definition) is 1. The van der Waals surface area contributed by atoms with Crippen LogP contribution in [0.3, 0.4) is 0 Å². The quantitative estimate of drug-likeness (QED) is 0.868. The van der Waals surface area contributed by atoms with E-state index in [1.165, 1.54) is 6.42 Å². The Bertz CT molecular complexity index is 434. The number of fused-ring (bicyclic) bond motifs is 1. The van der Waals surface area contributed by atoms with Crippen LogP contribution in [0.25, 0.3) is 0 Å². The van der Waals surface area contributed by atoms with E-state index < -0.39 is 0 Å². The van der Waals surface area contributed by atoms with Crippen molar-refractivity contribution in [3.8, 4) is 0 Å². The summed E-state index contributed by atoms with van der Waals surface area (Å²) in [4.78, 5) is 28.8. The minimum atomic E-state index is 0.103. The molecule has 2 amide bonds. The lowest BCUT2D eigenvalue weighted by atomic mass is 9.76. The second-order valence-corrected chi connectivity index (χ2v) is 7.53. The molecule has 2 heterocycles. The number of nitrogens with zero attached hydrogens (tertiary/aromatic N) is 2. The Balaban J connectivity index is 1.60. The third kappa shape index (κ3) is 4.06. The van der Waals surface area contributed by atoms with Gasteiger partial charge in [0.1, 0.15) is 5.78 Å². The van der Waals surface area contributed by atoms with Crippen LogP contribution in [0, 0.1) is 5.92 Å². The van der Waals surface area contributed by atoms with Crippen molar-refractivity contribution >= 4 is 11.8 Å². The van der Waals surface area contributed by atoms with Crippen LogP contribution in [0.15, 0.2) is 0 Å². The molecular weight excluding hydrogens is 290 g/mol. The summed E-state index contributed by atoms with van der Waals surface area (Å²) < 4.78 is 0. The molecule has 2 saturated heterocycles. The zero-order valence-electron chi connectivity index (χ0n) is 14.4. The highest BCUT2D eigenvalue weighted by Gasteiger charge is 2.39. The third-order valence-electron chi connectivity index (χ3n) is 5.75. The Labute approximate surface area is 139 Å². The van der Waals surface area contributed by atoms with Gasteiger partial charge in [-0.1, -0.05) is 6.92 Å². The molecule has 0 aromatic carbocycles. The first-order valence-corrected chi connectivity index (χ1v) is 9.48. The Morgan fingerprint density at radius 3 is 2.78 bits per heavy atom. The fraction of sp³-hybridized carbons (Fsp3) is 0.889. The van der Waals surface area contributed by atoms with E-state index in [2.05, 4.69) is 17.1 Å². The zero-order valence-corrected chi connectivity index (χ0v) is 14.4. The molecule has 0 aromatic heterocycles. The van der Waals surface area contributed by atoms with Crippen molar-refractivity contribution in [2.45, 2.75) is 70.4 Å². The minimum Gasteiger partial charge on any atom is -0.334 e. The average molecular weight is 321 g/mol. The van der Waals surface area contributed by atoms with Crippen LogP contribution in [0.4, 0.5) is 4.79 Å². The van der Waals surface area contributed by atoms with Gasteiger partial charge in [0.05, 0.1) is 0 Å². The summed E-state index contributed by atoms with van der Waals surface area (Å²) in [5, 5.41) is 3.26. The van der Waals surface area contributed by atoms with E-state index in [-0.39, 0.29) is 12.1 Å². The van der Waals surface area contributed by atoms with E-state index in [0.29, 0.717) is 24.2 Å². The highest BCUT2D eigenvalue weighted by Crippen LogP contribution is 2.34. The molecule has 0 spiro atoms. The summed E-state index contributed by atoms with van der Waals surface area (Å²) in [6.45, 7) is 6.01. The number of carbonyl (C=O) groups is 2. The van der Waals surface area contributed by atoms with Crippen LogP contribution in [-0.4, -0.2) is 59.9 Å². The van der Waals surface area contributed by atoms with Gasteiger partial charge in [-0.05, 0) is 51.0 Å². The predicted molar refractivity (Wildman–Crippen MR) is 90.4 cm³/mol. The van der Waals surface area contributed by atoms with E-state index >= 15 is 0 Å². The molecule has 3 fully saturated rings. The molecule has 130 valence electrons. The topological polar surface area (TPSA) is 52.7 Å². The first kappa shape index (κ1) is 16.7. The molecule has 1 saturated carbocycles. The maximum absolute atomic E-state index is 12.5. The summed E-state index contributed by atoms with van der Waals surface area (Å²) >= 11 is 0. The maximum atomic E-state index is 12.5. The standard InChI is InChI=1S/C18H31N3O2/c1-2-8-21-13-15(11-14-12-16(22)6-7-17(14)21)19-18(23)20-9-4-3-5-10-20/h14-15,17H,2-13H2,1H3,(H,19,23)/t14-,15+,17-/m1/s1. The predicted octanol–water partition coefficient (Wildman–Crippen LogP) is 2.40. The van der Waals surface area contributed by atoms with Crippen LogP contribution < -0.4 is 5.32 Å². The van der Waals surface area contributed by atoms with Gasteiger partial charge < -0.3 is 10.2 Å². The molecule has 23 heavy (non-hydrogen) atoms. The molecule has 3 atom stereocenters. The Hall–Kier alpha value is -1.10. The maximum Gasteiger partial charge on any atom is 0.317 e. The number of piperidine rings is 2. The molecule has 3 aliphatic rings. The van der Waals surface area contributed by atoms with Crippen LogP contribution in [-0.2, 0) is 4.79 Å². The number of nitrogens with one attached hydrogen (secondary N) is 1. The number of carbonyl (C=O) groups excluding carboxylic acids is 2. The van der Waals surface area contributed by atoms with Crippen LogP contribution in [0.1, 0.15) is 58.3 Å². The van der Waals surface area contributed by atoms with E-state index in [0.717, 1.165) is 64.7 Å². The van der Waals surface area contributed by atoms with Gasteiger partial charge in [0.25, 0.3) is 0 Å². The molecule has 0 radical (unpaired) electrons. The first-order valence-electron chi connectivity index (χ1n) is 9.48. The Morgan fingerprint density at radius 2 is 2.04 bits per heavy atom. The summed E-state index contributed by atoms with van der Waals surface area (Å²) in [5.74, 6) is 0.842. The van der Waals surface area contributed by atoms with Crippen molar-refractivity contribution in [2.24, 2.45) is 5.92 Å². The largest absolute Gasteiger partial charge is 0.334 e. The van der Waals surface area contributed by atoms with E-state index in [1.807, 2.05) is 4.90 Å².